The standard InChI is InChI=1S/C16H13Cl2NO2/c17-6-1-7(18)3-8(2-6)19-15(20)13-11-5-12(10-4-9(10)11)14(13)16(19)21/h1-3,9-12,20-21H,4-5H2/t9-,10+,11-,12+. The molecule has 0 spiro atoms. The molecule has 2 N–H and O–H groups in total. The number of hydrogen-bond donors (Lipinski definition) is 2. The van der Waals surface area contributed by atoms with Crippen molar-refractivity contribution in [3.8, 4) is 17.4 Å². The molecule has 108 valence electrons. The maximum atomic E-state index is 10.6. The Balaban J connectivity index is 1.75. The molecule has 0 amide bonds. The van der Waals surface area contributed by atoms with E-state index in [1.54, 1.807) is 18.2 Å². The first-order chi connectivity index (χ1) is 10.1. The van der Waals surface area contributed by atoms with Gasteiger partial charge in [-0.2, -0.15) is 0 Å². The van der Waals surface area contributed by atoms with E-state index >= 15 is 0 Å². The highest BCUT2D eigenvalue weighted by Gasteiger charge is 2.62. The van der Waals surface area contributed by atoms with Crippen molar-refractivity contribution in [3.63, 3.8) is 0 Å². The van der Waals surface area contributed by atoms with Gasteiger partial charge in [0.1, 0.15) is 0 Å². The van der Waals surface area contributed by atoms with Gasteiger partial charge in [-0.1, -0.05) is 23.2 Å². The summed E-state index contributed by atoms with van der Waals surface area (Å²) >= 11 is 12.1. The highest BCUT2D eigenvalue weighted by molar-refractivity contribution is 6.34. The molecule has 4 atom stereocenters. The Morgan fingerprint density at radius 1 is 0.857 bits per heavy atom. The quantitative estimate of drug-likeness (QED) is 0.816. The Morgan fingerprint density at radius 3 is 1.90 bits per heavy atom. The molecule has 3 nitrogen and oxygen atoms in total. The highest BCUT2D eigenvalue weighted by Crippen LogP contribution is 2.74. The summed E-state index contributed by atoms with van der Waals surface area (Å²) in [4.78, 5) is 0. The number of nitrogens with zero attached hydrogens (tertiary/aromatic N) is 1. The first-order valence-electron chi connectivity index (χ1n) is 7.19. The van der Waals surface area contributed by atoms with Crippen LogP contribution in [0.25, 0.3) is 5.69 Å². The third kappa shape index (κ3) is 1.41. The van der Waals surface area contributed by atoms with E-state index in [0.717, 1.165) is 17.5 Å². The molecule has 5 rings (SSSR count). The lowest BCUT2D eigenvalue weighted by atomic mass is 9.95. The third-order valence-electron chi connectivity index (χ3n) is 5.48. The molecule has 0 saturated heterocycles. The van der Waals surface area contributed by atoms with Crippen molar-refractivity contribution in [3.05, 3.63) is 39.4 Å². The highest BCUT2D eigenvalue weighted by atomic mass is 35.5. The second-order valence-electron chi connectivity index (χ2n) is 6.45. The van der Waals surface area contributed by atoms with Crippen molar-refractivity contribution in [1.82, 2.24) is 4.57 Å². The van der Waals surface area contributed by atoms with Crippen LogP contribution in [0.1, 0.15) is 35.8 Å². The van der Waals surface area contributed by atoms with Crippen LogP contribution in [-0.4, -0.2) is 14.8 Å². The second-order valence-corrected chi connectivity index (χ2v) is 7.32. The molecule has 3 aliphatic carbocycles. The minimum absolute atomic E-state index is 0.152. The Kier molecular flexibility index (Phi) is 2.16. The summed E-state index contributed by atoms with van der Waals surface area (Å²) in [5.41, 5.74) is 2.50. The van der Waals surface area contributed by atoms with Gasteiger partial charge in [0.05, 0.1) is 5.69 Å². The van der Waals surface area contributed by atoms with Crippen LogP contribution in [0.5, 0.6) is 11.8 Å². The topological polar surface area (TPSA) is 45.4 Å². The minimum Gasteiger partial charge on any atom is -0.494 e. The van der Waals surface area contributed by atoms with E-state index in [4.69, 9.17) is 23.2 Å². The first-order valence-corrected chi connectivity index (χ1v) is 7.94. The Bertz CT molecular complexity index is 740. The molecule has 1 aromatic heterocycles. The molecular weight excluding hydrogens is 309 g/mol. The largest absolute Gasteiger partial charge is 0.494 e. The van der Waals surface area contributed by atoms with E-state index in [-0.39, 0.29) is 11.8 Å². The molecule has 0 aliphatic heterocycles. The van der Waals surface area contributed by atoms with Crippen molar-refractivity contribution >= 4 is 23.2 Å². The maximum absolute atomic E-state index is 10.6. The molecule has 0 radical (unpaired) electrons. The first kappa shape index (κ1) is 12.2. The Labute approximate surface area is 131 Å². The van der Waals surface area contributed by atoms with E-state index < -0.39 is 0 Å². The van der Waals surface area contributed by atoms with Gasteiger partial charge in [-0.25, -0.2) is 0 Å². The zero-order valence-electron chi connectivity index (χ0n) is 11.1. The molecule has 5 heteroatoms. The molecule has 3 aliphatic rings. The third-order valence-corrected chi connectivity index (χ3v) is 5.91. The number of halogens is 2. The molecule has 2 fully saturated rings. The Morgan fingerprint density at radius 2 is 1.38 bits per heavy atom. The summed E-state index contributed by atoms with van der Waals surface area (Å²) in [6.45, 7) is 0. The fraction of sp³-hybridized carbons (Fsp3) is 0.375. The average molecular weight is 322 g/mol. The van der Waals surface area contributed by atoms with Crippen molar-refractivity contribution in [1.29, 1.82) is 0 Å². The lowest BCUT2D eigenvalue weighted by molar-refractivity contribution is 0.392. The van der Waals surface area contributed by atoms with Crippen LogP contribution in [0.4, 0.5) is 0 Å². The second kappa shape index (κ2) is 3.71. The van der Waals surface area contributed by atoms with Gasteiger partial charge >= 0.3 is 0 Å². The molecule has 2 saturated carbocycles. The zero-order valence-corrected chi connectivity index (χ0v) is 12.6. The van der Waals surface area contributed by atoms with Crippen LogP contribution in [0.15, 0.2) is 18.2 Å². The number of hydrogen-bond acceptors (Lipinski definition) is 2. The summed E-state index contributed by atoms with van der Waals surface area (Å²) in [6.07, 6.45) is 2.32. The average Bonchev–Trinajstić information content (AvgIpc) is 2.92. The van der Waals surface area contributed by atoms with Crippen LogP contribution in [-0.2, 0) is 0 Å². The molecule has 2 aromatic rings. The maximum Gasteiger partial charge on any atom is 0.202 e. The summed E-state index contributed by atoms with van der Waals surface area (Å²) in [5.74, 6) is 2.56. The van der Waals surface area contributed by atoms with E-state index in [1.165, 1.54) is 11.0 Å². The van der Waals surface area contributed by atoms with E-state index in [0.29, 0.717) is 39.4 Å². The number of fused-ring (bicyclic) bond motifs is 8. The van der Waals surface area contributed by atoms with Crippen molar-refractivity contribution in [2.75, 3.05) is 0 Å². The van der Waals surface area contributed by atoms with Gasteiger partial charge in [0.2, 0.25) is 11.8 Å². The number of aromatic hydroxyl groups is 2. The van der Waals surface area contributed by atoms with Crippen molar-refractivity contribution in [2.24, 2.45) is 11.8 Å². The molecule has 2 bridgehead atoms. The lowest BCUT2D eigenvalue weighted by Gasteiger charge is -2.11. The summed E-state index contributed by atoms with van der Waals surface area (Å²) in [7, 11) is 0. The molecule has 21 heavy (non-hydrogen) atoms. The predicted octanol–water partition coefficient (Wildman–Crippen LogP) is 4.42. The van der Waals surface area contributed by atoms with E-state index in [2.05, 4.69) is 0 Å². The summed E-state index contributed by atoms with van der Waals surface area (Å²) in [6, 6.07) is 5.03. The van der Waals surface area contributed by atoms with Gasteiger partial charge in [-0.05, 0) is 54.7 Å². The SMILES string of the molecule is Oc1c2c(c(O)n1-c1cc(Cl)cc(Cl)c1)[C@@H]1C[C@H]2[C@H]2C[C@H]21. The van der Waals surface area contributed by atoms with Crippen LogP contribution in [0.3, 0.4) is 0 Å². The normalized spacial score (nSPS) is 31.3. The molecule has 1 aromatic carbocycles. The van der Waals surface area contributed by atoms with Gasteiger partial charge < -0.3 is 10.2 Å². The monoisotopic (exact) mass is 321 g/mol. The fourth-order valence-corrected chi connectivity index (χ4v) is 5.19. The zero-order chi connectivity index (χ0) is 14.5. The van der Waals surface area contributed by atoms with E-state index in [9.17, 15) is 10.2 Å². The van der Waals surface area contributed by atoms with Crippen LogP contribution in [0, 0.1) is 11.8 Å². The molecular formula is C16H13Cl2NO2. The van der Waals surface area contributed by atoms with Gasteiger partial charge in [-0.3, -0.25) is 4.57 Å². The number of aromatic nitrogens is 1. The summed E-state index contributed by atoms with van der Waals surface area (Å²) < 4.78 is 1.48. The number of rotatable bonds is 1. The van der Waals surface area contributed by atoms with Gasteiger partial charge in [0.25, 0.3) is 0 Å². The molecule has 1 heterocycles. The predicted molar refractivity (Wildman–Crippen MR) is 80.8 cm³/mol. The lowest BCUT2D eigenvalue weighted by Crippen LogP contribution is -1.97. The van der Waals surface area contributed by atoms with Crippen molar-refractivity contribution in [2.45, 2.75) is 24.7 Å². The Hall–Kier alpha value is -1.32. The molecule has 0 unspecified atom stereocenters. The van der Waals surface area contributed by atoms with Crippen molar-refractivity contribution < 1.29 is 10.2 Å². The number of benzene rings is 1. The fourth-order valence-electron chi connectivity index (χ4n) is 4.67. The van der Waals surface area contributed by atoms with Crippen LogP contribution < -0.4 is 0 Å². The van der Waals surface area contributed by atoms with Gasteiger partial charge in [0.15, 0.2) is 0 Å². The van der Waals surface area contributed by atoms with E-state index in [1.807, 2.05) is 0 Å². The summed E-state index contributed by atoms with van der Waals surface area (Å²) in [5, 5.41) is 22.2. The minimum atomic E-state index is 0.152. The smallest absolute Gasteiger partial charge is 0.202 e. The van der Waals surface area contributed by atoms with Gasteiger partial charge in [-0.15, -0.1) is 0 Å². The van der Waals surface area contributed by atoms with Crippen LogP contribution >= 0.6 is 23.2 Å². The van der Waals surface area contributed by atoms with Gasteiger partial charge in [0, 0.05) is 21.2 Å². The van der Waals surface area contributed by atoms with Crippen LogP contribution in [0.2, 0.25) is 10.0 Å².